The number of anilines is 1. The lowest BCUT2D eigenvalue weighted by Crippen LogP contribution is -2.41. The van der Waals surface area contributed by atoms with Gasteiger partial charge in [-0.15, -0.1) is 0 Å². The van der Waals surface area contributed by atoms with Crippen molar-refractivity contribution in [3.63, 3.8) is 0 Å². The summed E-state index contributed by atoms with van der Waals surface area (Å²) >= 11 is 0. The first-order valence-electron chi connectivity index (χ1n) is 8.92. The Bertz CT molecular complexity index is 840. The molecule has 2 rings (SSSR count). The second-order valence-corrected chi connectivity index (χ2v) is 14.9. The SMILES string of the molecule is CC(C)(C)[Si](C)(C)OCCc1ccc(NS(C)(=O)=O)cc1C1C=CC(=O)O1. The molecule has 0 saturated heterocycles. The van der Waals surface area contributed by atoms with E-state index in [9.17, 15) is 13.2 Å². The van der Waals surface area contributed by atoms with Crippen LogP contribution in [-0.2, 0) is 30.4 Å². The highest BCUT2D eigenvalue weighted by molar-refractivity contribution is 7.92. The summed E-state index contributed by atoms with van der Waals surface area (Å²) in [7, 11) is -5.24. The molecule has 1 aromatic carbocycles. The van der Waals surface area contributed by atoms with Crippen molar-refractivity contribution in [2.45, 2.75) is 51.4 Å². The van der Waals surface area contributed by atoms with E-state index in [0.29, 0.717) is 18.7 Å². The Morgan fingerprint density at radius 1 is 1.26 bits per heavy atom. The van der Waals surface area contributed by atoms with Crippen molar-refractivity contribution >= 4 is 30.0 Å². The summed E-state index contributed by atoms with van der Waals surface area (Å²) in [4.78, 5) is 11.5. The van der Waals surface area contributed by atoms with E-state index in [4.69, 9.17) is 9.16 Å². The van der Waals surface area contributed by atoms with Crippen molar-refractivity contribution in [1.82, 2.24) is 0 Å². The van der Waals surface area contributed by atoms with E-state index in [0.717, 1.165) is 17.4 Å². The van der Waals surface area contributed by atoms with Crippen LogP contribution in [0.3, 0.4) is 0 Å². The fraction of sp³-hybridized carbons (Fsp3) is 0.526. The molecule has 0 radical (unpaired) electrons. The van der Waals surface area contributed by atoms with E-state index in [1.807, 2.05) is 6.07 Å². The van der Waals surface area contributed by atoms with Crippen LogP contribution in [0.15, 0.2) is 30.4 Å². The molecule has 0 aromatic heterocycles. The standard InChI is InChI=1S/C19H29NO5SSi/c1-19(2,3)27(5,6)24-12-11-14-7-8-15(20-26(4,22)23)13-16(14)17-9-10-18(21)25-17/h7-10,13,17,20H,11-12H2,1-6H3. The van der Waals surface area contributed by atoms with Crippen LogP contribution in [0.2, 0.25) is 18.1 Å². The predicted molar refractivity (Wildman–Crippen MR) is 110 cm³/mol. The molecule has 0 spiro atoms. The maximum atomic E-state index is 11.5. The van der Waals surface area contributed by atoms with Crippen molar-refractivity contribution in [3.8, 4) is 0 Å². The summed E-state index contributed by atoms with van der Waals surface area (Å²) in [6, 6.07) is 5.29. The third kappa shape index (κ3) is 5.92. The van der Waals surface area contributed by atoms with Crippen LogP contribution < -0.4 is 4.72 Å². The zero-order valence-electron chi connectivity index (χ0n) is 16.8. The number of hydrogen-bond donors (Lipinski definition) is 1. The third-order valence-electron chi connectivity index (χ3n) is 5.05. The monoisotopic (exact) mass is 411 g/mol. The van der Waals surface area contributed by atoms with E-state index in [2.05, 4.69) is 38.6 Å². The molecule has 0 fully saturated rings. The normalized spacial score (nSPS) is 17.9. The van der Waals surface area contributed by atoms with Crippen LogP contribution in [0.25, 0.3) is 0 Å². The van der Waals surface area contributed by atoms with Crippen molar-refractivity contribution in [2.24, 2.45) is 0 Å². The largest absolute Gasteiger partial charge is 0.450 e. The second kappa shape index (κ2) is 7.77. The highest BCUT2D eigenvalue weighted by Crippen LogP contribution is 2.37. The number of sulfonamides is 1. The summed E-state index contributed by atoms with van der Waals surface area (Å²) in [6.45, 7) is 11.5. The van der Waals surface area contributed by atoms with Crippen molar-refractivity contribution in [2.75, 3.05) is 17.6 Å². The number of esters is 1. The molecule has 0 amide bonds. The van der Waals surface area contributed by atoms with Crippen LogP contribution >= 0.6 is 0 Å². The summed E-state index contributed by atoms with van der Waals surface area (Å²) in [6.07, 6.45) is 4.31. The number of rotatable bonds is 7. The minimum absolute atomic E-state index is 0.128. The van der Waals surface area contributed by atoms with Gasteiger partial charge in [0.1, 0.15) is 6.10 Å². The fourth-order valence-electron chi connectivity index (χ4n) is 2.53. The quantitative estimate of drug-likeness (QED) is 0.545. The van der Waals surface area contributed by atoms with Gasteiger partial charge in [0.05, 0.1) is 6.26 Å². The first-order chi connectivity index (χ1) is 12.3. The van der Waals surface area contributed by atoms with Gasteiger partial charge < -0.3 is 9.16 Å². The maximum absolute atomic E-state index is 11.5. The molecule has 1 unspecified atom stereocenters. The Kier molecular flexibility index (Phi) is 6.23. The topological polar surface area (TPSA) is 81.7 Å². The summed E-state index contributed by atoms with van der Waals surface area (Å²) < 4.78 is 37.1. The van der Waals surface area contributed by atoms with Gasteiger partial charge >= 0.3 is 5.97 Å². The molecule has 1 heterocycles. The highest BCUT2D eigenvalue weighted by atomic mass is 32.2. The molecule has 150 valence electrons. The first-order valence-corrected chi connectivity index (χ1v) is 13.7. The molecule has 8 heteroatoms. The van der Waals surface area contributed by atoms with Crippen molar-refractivity contribution < 1.29 is 22.4 Å². The Hall–Kier alpha value is -1.64. The lowest BCUT2D eigenvalue weighted by molar-refractivity contribution is -0.138. The zero-order valence-corrected chi connectivity index (χ0v) is 18.6. The maximum Gasteiger partial charge on any atom is 0.331 e. The van der Waals surface area contributed by atoms with E-state index >= 15 is 0 Å². The van der Waals surface area contributed by atoms with E-state index in [1.54, 1.807) is 18.2 Å². The van der Waals surface area contributed by atoms with Crippen molar-refractivity contribution in [3.05, 3.63) is 41.5 Å². The highest BCUT2D eigenvalue weighted by Gasteiger charge is 2.37. The van der Waals surface area contributed by atoms with Crippen LogP contribution in [0.1, 0.15) is 38.0 Å². The number of ether oxygens (including phenoxy) is 1. The Labute approximate surface area is 163 Å². The molecular formula is C19H29NO5SSi. The van der Waals surface area contributed by atoms with Gasteiger partial charge in [-0.2, -0.15) is 0 Å². The lowest BCUT2D eigenvalue weighted by atomic mass is 9.99. The fourth-order valence-corrected chi connectivity index (χ4v) is 4.14. The van der Waals surface area contributed by atoms with Crippen LogP contribution in [0, 0.1) is 0 Å². The number of nitrogens with one attached hydrogen (secondary N) is 1. The van der Waals surface area contributed by atoms with Crippen LogP contribution in [-0.4, -0.2) is 35.6 Å². The molecule has 1 aliphatic heterocycles. The molecule has 6 nitrogen and oxygen atoms in total. The van der Waals surface area contributed by atoms with Gasteiger partial charge in [0, 0.05) is 23.9 Å². The Morgan fingerprint density at radius 3 is 2.44 bits per heavy atom. The van der Waals surface area contributed by atoms with Crippen molar-refractivity contribution in [1.29, 1.82) is 0 Å². The van der Waals surface area contributed by atoms with E-state index in [1.165, 1.54) is 6.08 Å². The number of benzene rings is 1. The zero-order chi connectivity index (χ0) is 20.5. The molecule has 1 aromatic rings. The number of carbonyl (C=O) groups excluding carboxylic acids is 1. The summed E-state index contributed by atoms with van der Waals surface area (Å²) in [5.74, 6) is -0.398. The second-order valence-electron chi connectivity index (χ2n) is 8.36. The van der Waals surface area contributed by atoms with Gasteiger partial charge in [0.2, 0.25) is 10.0 Å². The average molecular weight is 412 g/mol. The summed E-state index contributed by atoms with van der Waals surface area (Å²) in [5.41, 5.74) is 2.18. The number of cyclic esters (lactones) is 1. The van der Waals surface area contributed by atoms with Gasteiger partial charge in [-0.1, -0.05) is 26.8 Å². The summed E-state index contributed by atoms with van der Waals surface area (Å²) in [5, 5.41) is 0.128. The van der Waals surface area contributed by atoms with Crippen LogP contribution in [0.5, 0.6) is 0 Å². The lowest BCUT2D eigenvalue weighted by Gasteiger charge is -2.36. The molecule has 27 heavy (non-hydrogen) atoms. The van der Waals surface area contributed by atoms with E-state index < -0.39 is 30.4 Å². The van der Waals surface area contributed by atoms with Gasteiger partial charge in [0.25, 0.3) is 0 Å². The third-order valence-corrected chi connectivity index (χ3v) is 10.2. The predicted octanol–water partition coefficient (Wildman–Crippen LogP) is 3.78. The molecule has 0 bridgehead atoms. The molecular weight excluding hydrogens is 382 g/mol. The number of hydrogen-bond acceptors (Lipinski definition) is 5. The molecule has 1 N–H and O–H groups in total. The smallest absolute Gasteiger partial charge is 0.331 e. The Balaban J connectivity index is 2.22. The first kappa shape index (κ1) is 21.7. The minimum atomic E-state index is -3.39. The van der Waals surface area contributed by atoms with Gasteiger partial charge in [-0.25, -0.2) is 13.2 Å². The van der Waals surface area contributed by atoms with Crippen LogP contribution in [0.4, 0.5) is 5.69 Å². The number of carbonyl (C=O) groups is 1. The molecule has 1 aliphatic rings. The molecule has 0 saturated carbocycles. The molecule has 0 aliphatic carbocycles. The van der Waals surface area contributed by atoms with Gasteiger partial charge in [-0.3, -0.25) is 4.72 Å². The van der Waals surface area contributed by atoms with Gasteiger partial charge in [0.15, 0.2) is 8.32 Å². The van der Waals surface area contributed by atoms with E-state index in [-0.39, 0.29) is 5.04 Å². The van der Waals surface area contributed by atoms with Gasteiger partial charge in [-0.05, 0) is 48.3 Å². The molecule has 1 atom stereocenters. The minimum Gasteiger partial charge on any atom is -0.450 e. The average Bonchev–Trinajstić information content (AvgIpc) is 2.92. The Morgan fingerprint density at radius 2 is 1.93 bits per heavy atom.